The summed E-state index contributed by atoms with van der Waals surface area (Å²) >= 11 is 0. The SMILES string of the molecule is C[C@@H](C(=O)OCC(=O)NC1(C#N)CCCC1)N1C(=O)[C@@H]2CCCC[C@H]2C1=O. The Morgan fingerprint density at radius 1 is 1.19 bits per heavy atom. The molecule has 0 unspecified atom stereocenters. The van der Waals surface area contributed by atoms with Crippen molar-refractivity contribution < 1.29 is 23.9 Å². The van der Waals surface area contributed by atoms with Gasteiger partial charge in [0, 0.05) is 0 Å². The Hall–Kier alpha value is -2.43. The largest absolute Gasteiger partial charge is 0.454 e. The lowest BCUT2D eigenvalue weighted by atomic mass is 9.81. The molecule has 1 heterocycles. The molecule has 3 amide bonds. The lowest BCUT2D eigenvalue weighted by Gasteiger charge is -2.23. The van der Waals surface area contributed by atoms with Gasteiger partial charge in [0.05, 0.1) is 17.9 Å². The molecular formula is C19H25N3O5. The van der Waals surface area contributed by atoms with Gasteiger partial charge < -0.3 is 10.1 Å². The number of hydrogen-bond acceptors (Lipinski definition) is 6. The number of carbonyl (C=O) groups is 4. The highest BCUT2D eigenvalue weighted by molar-refractivity contribution is 6.07. The van der Waals surface area contributed by atoms with Gasteiger partial charge in [-0.25, -0.2) is 4.79 Å². The van der Waals surface area contributed by atoms with Gasteiger partial charge in [-0.2, -0.15) is 5.26 Å². The molecule has 0 radical (unpaired) electrons. The Labute approximate surface area is 158 Å². The summed E-state index contributed by atoms with van der Waals surface area (Å²) in [5, 5.41) is 11.9. The van der Waals surface area contributed by atoms with Gasteiger partial charge >= 0.3 is 5.97 Å². The Balaban J connectivity index is 1.55. The highest BCUT2D eigenvalue weighted by Gasteiger charge is 2.51. The molecule has 0 aromatic carbocycles. The minimum atomic E-state index is -1.06. The molecule has 3 atom stereocenters. The Bertz CT molecular complexity index is 668. The molecule has 0 aromatic rings. The molecule has 2 aliphatic carbocycles. The zero-order valence-electron chi connectivity index (χ0n) is 15.5. The van der Waals surface area contributed by atoms with Crippen molar-refractivity contribution in [1.82, 2.24) is 10.2 Å². The molecule has 0 aromatic heterocycles. The molecule has 1 saturated heterocycles. The maximum absolute atomic E-state index is 12.5. The summed E-state index contributed by atoms with van der Waals surface area (Å²) in [6.45, 7) is 0.913. The normalized spacial score (nSPS) is 27.6. The molecule has 1 aliphatic heterocycles. The number of hydrogen-bond donors (Lipinski definition) is 1. The van der Waals surface area contributed by atoms with E-state index < -0.39 is 30.1 Å². The molecule has 3 aliphatic rings. The second-order valence-corrected chi connectivity index (χ2v) is 7.78. The number of esters is 1. The van der Waals surface area contributed by atoms with Gasteiger partial charge in [-0.15, -0.1) is 0 Å². The van der Waals surface area contributed by atoms with Gasteiger partial charge in [-0.05, 0) is 45.4 Å². The number of ether oxygens (including phenoxy) is 1. The molecule has 8 heteroatoms. The van der Waals surface area contributed by atoms with Gasteiger partial charge in [0.15, 0.2) is 6.61 Å². The molecule has 27 heavy (non-hydrogen) atoms. The van der Waals surface area contributed by atoms with Crippen LogP contribution in [0.1, 0.15) is 58.3 Å². The van der Waals surface area contributed by atoms with Crippen molar-refractivity contribution in [1.29, 1.82) is 5.26 Å². The maximum atomic E-state index is 12.5. The molecule has 8 nitrogen and oxygen atoms in total. The third-order valence-corrected chi connectivity index (χ3v) is 6.00. The van der Waals surface area contributed by atoms with Gasteiger partial charge in [0.2, 0.25) is 11.8 Å². The number of rotatable bonds is 5. The van der Waals surface area contributed by atoms with Crippen molar-refractivity contribution >= 4 is 23.7 Å². The van der Waals surface area contributed by atoms with Crippen molar-refractivity contribution in [3.63, 3.8) is 0 Å². The fourth-order valence-corrected chi connectivity index (χ4v) is 4.48. The molecule has 1 N–H and O–H groups in total. The van der Waals surface area contributed by atoms with E-state index in [1.807, 2.05) is 0 Å². The number of amides is 3. The van der Waals surface area contributed by atoms with E-state index in [1.165, 1.54) is 6.92 Å². The van der Waals surface area contributed by atoms with Crippen molar-refractivity contribution in [2.45, 2.75) is 69.9 Å². The number of fused-ring (bicyclic) bond motifs is 1. The Morgan fingerprint density at radius 2 is 1.74 bits per heavy atom. The molecule has 0 bridgehead atoms. The number of nitrogens with one attached hydrogen (secondary N) is 1. The van der Waals surface area contributed by atoms with Gasteiger partial charge in [-0.1, -0.05) is 12.8 Å². The summed E-state index contributed by atoms with van der Waals surface area (Å²) in [6, 6.07) is 1.08. The van der Waals surface area contributed by atoms with Crippen LogP contribution in [0.15, 0.2) is 0 Å². The van der Waals surface area contributed by atoms with E-state index in [-0.39, 0.29) is 23.7 Å². The van der Waals surface area contributed by atoms with E-state index in [2.05, 4.69) is 11.4 Å². The first-order chi connectivity index (χ1) is 12.9. The van der Waals surface area contributed by atoms with Crippen LogP contribution in [0.25, 0.3) is 0 Å². The zero-order chi connectivity index (χ0) is 19.6. The van der Waals surface area contributed by atoms with Crippen LogP contribution in [-0.4, -0.2) is 46.8 Å². The number of nitriles is 1. The van der Waals surface area contributed by atoms with E-state index in [0.717, 1.165) is 30.6 Å². The molecule has 146 valence electrons. The maximum Gasteiger partial charge on any atom is 0.329 e. The first-order valence-corrected chi connectivity index (χ1v) is 9.64. The van der Waals surface area contributed by atoms with E-state index in [9.17, 15) is 24.4 Å². The third kappa shape index (κ3) is 3.68. The first-order valence-electron chi connectivity index (χ1n) is 9.64. The molecule has 3 rings (SSSR count). The second kappa shape index (κ2) is 7.67. The van der Waals surface area contributed by atoms with Crippen LogP contribution < -0.4 is 5.32 Å². The van der Waals surface area contributed by atoms with Crippen molar-refractivity contribution in [2.75, 3.05) is 6.61 Å². The number of nitrogens with zero attached hydrogens (tertiary/aromatic N) is 2. The van der Waals surface area contributed by atoms with Gasteiger partial charge in [0.25, 0.3) is 5.91 Å². The number of carbonyl (C=O) groups excluding carboxylic acids is 4. The van der Waals surface area contributed by atoms with E-state index >= 15 is 0 Å². The van der Waals surface area contributed by atoms with Crippen LogP contribution in [0, 0.1) is 23.2 Å². The van der Waals surface area contributed by atoms with Crippen LogP contribution in [0.3, 0.4) is 0 Å². The third-order valence-electron chi connectivity index (χ3n) is 6.00. The average molecular weight is 375 g/mol. The summed E-state index contributed by atoms with van der Waals surface area (Å²) < 4.78 is 5.02. The lowest BCUT2D eigenvalue weighted by Crippen LogP contribution is -2.48. The van der Waals surface area contributed by atoms with E-state index in [4.69, 9.17) is 4.74 Å². The zero-order valence-corrected chi connectivity index (χ0v) is 15.5. The summed E-state index contributed by atoms with van der Waals surface area (Å²) in [6.07, 6.45) is 6.07. The van der Waals surface area contributed by atoms with Crippen molar-refractivity contribution in [3.05, 3.63) is 0 Å². The predicted octanol–water partition coefficient (Wildman–Crippen LogP) is 1.05. The second-order valence-electron chi connectivity index (χ2n) is 7.78. The quantitative estimate of drug-likeness (QED) is 0.567. The Kier molecular flexibility index (Phi) is 5.49. The van der Waals surface area contributed by atoms with Gasteiger partial charge in [-0.3, -0.25) is 19.3 Å². The topological polar surface area (TPSA) is 117 Å². The number of imide groups is 1. The first kappa shape index (κ1) is 19.3. The smallest absolute Gasteiger partial charge is 0.329 e. The van der Waals surface area contributed by atoms with Crippen LogP contribution in [-0.2, 0) is 23.9 Å². The summed E-state index contributed by atoms with van der Waals surface area (Å²) in [4.78, 5) is 50.4. The highest BCUT2D eigenvalue weighted by atomic mass is 16.5. The minimum absolute atomic E-state index is 0.312. The fraction of sp³-hybridized carbons (Fsp3) is 0.737. The predicted molar refractivity (Wildman–Crippen MR) is 92.7 cm³/mol. The summed E-state index contributed by atoms with van der Waals surface area (Å²) in [5.41, 5.74) is -0.883. The van der Waals surface area contributed by atoms with Crippen LogP contribution in [0.5, 0.6) is 0 Å². The van der Waals surface area contributed by atoms with Crippen molar-refractivity contribution in [3.8, 4) is 6.07 Å². The Morgan fingerprint density at radius 3 is 2.26 bits per heavy atom. The van der Waals surface area contributed by atoms with Crippen molar-refractivity contribution in [2.24, 2.45) is 11.8 Å². The lowest BCUT2D eigenvalue weighted by molar-refractivity contribution is -0.159. The molecule has 0 spiro atoms. The average Bonchev–Trinajstić information content (AvgIpc) is 3.23. The van der Waals surface area contributed by atoms with Crippen LogP contribution in [0.4, 0.5) is 0 Å². The fourth-order valence-electron chi connectivity index (χ4n) is 4.48. The van der Waals surface area contributed by atoms with E-state index in [1.54, 1.807) is 0 Å². The van der Waals surface area contributed by atoms with Crippen LogP contribution in [0.2, 0.25) is 0 Å². The molecule has 3 fully saturated rings. The van der Waals surface area contributed by atoms with E-state index in [0.29, 0.717) is 25.7 Å². The standard InChI is InChI=1S/C19H25N3O5/c1-12(22-16(24)13-6-2-3-7-14(13)17(22)25)18(26)27-10-15(23)21-19(11-20)8-4-5-9-19/h12-14H,2-10H2,1H3,(H,21,23)/t12-,13+,14+/m0/s1. The minimum Gasteiger partial charge on any atom is -0.454 e. The highest BCUT2D eigenvalue weighted by Crippen LogP contribution is 2.38. The van der Waals surface area contributed by atoms with Gasteiger partial charge in [0.1, 0.15) is 11.6 Å². The summed E-state index contributed by atoms with van der Waals surface area (Å²) in [5.74, 6) is -2.62. The monoisotopic (exact) mass is 375 g/mol. The number of likely N-dealkylation sites (tertiary alicyclic amines) is 1. The summed E-state index contributed by atoms with van der Waals surface area (Å²) in [7, 11) is 0. The molecule has 2 saturated carbocycles. The molecular weight excluding hydrogens is 350 g/mol. The van der Waals surface area contributed by atoms with Crippen LogP contribution >= 0.6 is 0 Å².